The fraction of sp³-hybridized carbons (Fsp3) is 0.250. The van der Waals surface area contributed by atoms with E-state index in [1.165, 1.54) is 10.8 Å². The Labute approximate surface area is 228 Å². The molecule has 0 fully saturated rings. The lowest BCUT2D eigenvalue weighted by molar-refractivity contribution is 0.0952. The fourth-order valence-electron chi connectivity index (χ4n) is 4.76. The lowest BCUT2D eigenvalue weighted by atomic mass is 10.1. The van der Waals surface area contributed by atoms with Gasteiger partial charge in [0, 0.05) is 25.1 Å². The average molecular weight is 524 g/mol. The first-order valence-electron chi connectivity index (χ1n) is 13.2. The van der Waals surface area contributed by atoms with Gasteiger partial charge in [-0.25, -0.2) is 4.98 Å². The third-order valence-corrected chi connectivity index (χ3v) is 6.76. The molecule has 0 saturated heterocycles. The van der Waals surface area contributed by atoms with Gasteiger partial charge in [-0.05, 0) is 66.1 Å². The van der Waals surface area contributed by atoms with Crippen molar-refractivity contribution in [1.29, 1.82) is 0 Å². The van der Waals surface area contributed by atoms with Gasteiger partial charge in [-0.15, -0.1) is 0 Å². The smallest absolute Gasteiger partial charge is 0.251 e. The van der Waals surface area contributed by atoms with Crippen molar-refractivity contribution >= 4 is 27.7 Å². The van der Waals surface area contributed by atoms with Crippen LogP contribution < -0.4 is 19.5 Å². The summed E-state index contributed by atoms with van der Waals surface area (Å²) in [7, 11) is 3.13. The molecule has 1 N–H and O–H groups in total. The molecule has 0 unspecified atom stereocenters. The van der Waals surface area contributed by atoms with E-state index in [2.05, 4.69) is 40.2 Å². The molecular weight excluding hydrogens is 490 g/mol. The number of aryl methyl sites for hydroxylation is 2. The van der Waals surface area contributed by atoms with E-state index >= 15 is 0 Å². The van der Waals surface area contributed by atoms with Gasteiger partial charge in [0.15, 0.2) is 11.5 Å². The molecule has 1 amide bonds. The Morgan fingerprint density at radius 3 is 2.49 bits per heavy atom. The summed E-state index contributed by atoms with van der Waals surface area (Å²) in [6, 6.07) is 27.8. The van der Waals surface area contributed by atoms with Gasteiger partial charge in [0.2, 0.25) is 0 Å². The number of hydrogen-bond donors (Lipinski definition) is 1. The predicted molar refractivity (Wildman–Crippen MR) is 154 cm³/mol. The Kier molecular flexibility index (Phi) is 8.26. The molecule has 0 aliphatic carbocycles. The topological polar surface area (TPSA) is 74.6 Å². The number of hydrogen-bond acceptors (Lipinski definition) is 5. The first-order chi connectivity index (χ1) is 19.2. The second-order valence-corrected chi connectivity index (χ2v) is 9.31. The van der Waals surface area contributed by atoms with Crippen molar-refractivity contribution in [2.24, 2.45) is 0 Å². The summed E-state index contributed by atoms with van der Waals surface area (Å²) >= 11 is 0. The van der Waals surface area contributed by atoms with Crippen molar-refractivity contribution < 1.29 is 19.0 Å². The molecule has 0 bridgehead atoms. The van der Waals surface area contributed by atoms with Crippen molar-refractivity contribution in [1.82, 2.24) is 14.9 Å². The van der Waals surface area contributed by atoms with Crippen LogP contribution in [0, 0.1) is 0 Å². The predicted octanol–water partition coefficient (Wildman–Crippen LogP) is 6.04. The maximum absolute atomic E-state index is 12.7. The van der Waals surface area contributed by atoms with Crippen LogP contribution in [0.2, 0.25) is 0 Å². The lowest BCUT2D eigenvalue weighted by Crippen LogP contribution is -2.25. The number of carbonyl (C=O) groups is 1. The van der Waals surface area contributed by atoms with E-state index in [0.29, 0.717) is 30.2 Å². The normalized spacial score (nSPS) is 11.0. The minimum atomic E-state index is -0.143. The van der Waals surface area contributed by atoms with E-state index in [4.69, 9.17) is 19.2 Å². The van der Waals surface area contributed by atoms with Gasteiger partial charge in [-0.3, -0.25) is 4.79 Å². The second-order valence-electron chi connectivity index (χ2n) is 9.31. The molecule has 200 valence electrons. The Hall–Kier alpha value is -4.52. The highest BCUT2D eigenvalue weighted by molar-refractivity contribution is 5.94. The molecule has 39 heavy (non-hydrogen) atoms. The number of amides is 1. The third kappa shape index (κ3) is 6.14. The number of imidazole rings is 1. The lowest BCUT2D eigenvalue weighted by Gasteiger charge is -2.12. The Morgan fingerprint density at radius 1 is 0.846 bits per heavy atom. The van der Waals surface area contributed by atoms with Crippen molar-refractivity contribution in [3.05, 3.63) is 96.3 Å². The molecule has 4 aromatic carbocycles. The summed E-state index contributed by atoms with van der Waals surface area (Å²) in [6.45, 7) is 1.97. The maximum Gasteiger partial charge on any atom is 0.251 e. The van der Waals surface area contributed by atoms with Crippen LogP contribution >= 0.6 is 0 Å². The number of fused-ring (bicyclic) bond motifs is 2. The van der Waals surface area contributed by atoms with Gasteiger partial charge in [0.05, 0.1) is 31.9 Å². The van der Waals surface area contributed by atoms with Gasteiger partial charge < -0.3 is 24.1 Å². The van der Waals surface area contributed by atoms with Gasteiger partial charge in [0.25, 0.3) is 5.91 Å². The van der Waals surface area contributed by atoms with Gasteiger partial charge >= 0.3 is 0 Å². The number of methoxy groups -OCH3 is 2. The van der Waals surface area contributed by atoms with Crippen LogP contribution in [0.25, 0.3) is 21.8 Å². The highest BCUT2D eigenvalue weighted by Crippen LogP contribution is 2.27. The maximum atomic E-state index is 12.7. The molecule has 0 saturated carbocycles. The molecule has 7 nitrogen and oxygen atoms in total. The molecule has 5 aromatic rings. The molecule has 5 rings (SSSR count). The van der Waals surface area contributed by atoms with Gasteiger partial charge in [-0.1, -0.05) is 42.5 Å². The molecule has 0 aliphatic rings. The largest absolute Gasteiger partial charge is 0.494 e. The molecule has 0 aliphatic heterocycles. The van der Waals surface area contributed by atoms with Crippen LogP contribution in [0.5, 0.6) is 17.2 Å². The molecular formula is C32H33N3O4. The van der Waals surface area contributed by atoms with Crippen LogP contribution in [0.4, 0.5) is 0 Å². The van der Waals surface area contributed by atoms with Crippen LogP contribution in [0.3, 0.4) is 0 Å². The van der Waals surface area contributed by atoms with E-state index in [0.717, 1.165) is 48.4 Å². The summed E-state index contributed by atoms with van der Waals surface area (Å²) in [5, 5.41) is 5.39. The molecule has 1 heterocycles. The molecule has 0 radical (unpaired) electrons. The summed E-state index contributed by atoms with van der Waals surface area (Å²) in [6.07, 6.45) is 2.39. The first-order valence-corrected chi connectivity index (χ1v) is 13.2. The zero-order valence-corrected chi connectivity index (χ0v) is 22.4. The highest BCUT2D eigenvalue weighted by atomic mass is 16.5. The highest BCUT2D eigenvalue weighted by Gasteiger charge is 2.13. The van der Waals surface area contributed by atoms with Crippen LogP contribution in [-0.2, 0) is 13.0 Å². The average Bonchev–Trinajstić information content (AvgIpc) is 3.34. The molecule has 0 atom stereocenters. The van der Waals surface area contributed by atoms with Crippen LogP contribution in [0.1, 0.15) is 29.0 Å². The minimum Gasteiger partial charge on any atom is -0.494 e. The molecule has 7 heteroatoms. The molecule has 0 spiro atoms. The number of ether oxygens (including phenoxy) is 3. The number of para-hydroxylation sites is 2. The Bertz CT molecular complexity index is 1580. The first kappa shape index (κ1) is 26.1. The van der Waals surface area contributed by atoms with Crippen molar-refractivity contribution in [2.45, 2.75) is 25.8 Å². The third-order valence-electron chi connectivity index (χ3n) is 6.76. The zero-order chi connectivity index (χ0) is 27.0. The summed E-state index contributed by atoms with van der Waals surface area (Å²) < 4.78 is 18.9. The Morgan fingerprint density at radius 2 is 1.64 bits per heavy atom. The number of nitrogens with zero attached hydrogens (tertiary/aromatic N) is 2. The van der Waals surface area contributed by atoms with Crippen LogP contribution in [0.15, 0.2) is 84.9 Å². The zero-order valence-electron chi connectivity index (χ0n) is 22.4. The number of carbonyl (C=O) groups excluding carboxylic acids is 1. The van der Waals surface area contributed by atoms with Crippen LogP contribution in [-0.4, -0.2) is 42.8 Å². The number of benzene rings is 4. The van der Waals surface area contributed by atoms with Crippen molar-refractivity contribution in [2.75, 3.05) is 27.4 Å². The SMILES string of the molecule is COc1ccc(C(=O)NCCCc2nc3ccccc3n2CCCOc2ccc3ccccc3c2)cc1OC. The van der Waals surface area contributed by atoms with E-state index in [1.807, 2.05) is 36.4 Å². The van der Waals surface area contributed by atoms with Gasteiger partial charge in [-0.2, -0.15) is 0 Å². The summed E-state index contributed by atoms with van der Waals surface area (Å²) in [4.78, 5) is 17.5. The number of nitrogens with one attached hydrogen (secondary N) is 1. The van der Waals surface area contributed by atoms with Gasteiger partial charge in [0.1, 0.15) is 11.6 Å². The van der Waals surface area contributed by atoms with E-state index in [-0.39, 0.29) is 5.91 Å². The Balaban J connectivity index is 1.16. The molecule has 1 aromatic heterocycles. The van der Waals surface area contributed by atoms with Crippen molar-refractivity contribution in [3.8, 4) is 17.2 Å². The van der Waals surface area contributed by atoms with E-state index < -0.39 is 0 Å². The van der Waals surface area contributed by atoms with E-state index in [9.17, 15) is 4.79 Å². The monoisotopic (exact) mass is 523 g/mol. The summed E-state index contributed by atoms with van der Waals surface area (Å²) in [5.74, 6) is 2.88. The second kappa shape index (κ2) is 12.3. The number of rotatable bonds is 12. The quantitative estimate of drug-likeness (QED) is 0.202. The summed E-state index contributed by atoms with van der Waals surface area (Å²) in [5.41, 5.74) is 2.64. The van der Waals surface area contributed by atoms with E-state index in [1.54, 1.807) is 32.4 Å². The van der Waals surface area contributed by atoms with Crippen molar-refractivity contribution in [3.63, 3.8) is 0 Å². The fourth-order valence-corrected chi connectivity index (χ4v) is 4.76. The minimum absolute atomic E-state index is 0.143. The standard InChI is InChI=1S/C32H33N3O4/c1-37-29-17-15-25(22-30(29)38-2)32(36)33-18-7-13-31-34-27-11-5-6-12-28(27)35(31)19-8-20-39-26-16-14-23-9-3-4-10-24(23)21-26/h3-6,9-12,14-17,21-22H,7-8,13,18-20H2,1-2H3,(H,33,36). The number of aromatic nitrogens is 2.